The third kappa shape index (κ3) is 1.19. The van der Waals surface area contributed by atoms with Crippen molar-refractivity contribution in [3.05, 3.63) is 28.8 Å². The van der Waals surface area contributed by atoms with Gasteiger partial charge in [0.2, 0.25) is 0 Å². The Hall–Kier alpha value is -0.730. The van der Waals surface area contributed by atoms with Crippen LogP contribution in [0.15, 0.2) is 18.2 Å². The van der Waals surface area contributed by atoms with Crippen LogP contribution >= 0.6 is 11.6 Å². The summed E-state index contributed by atoms with van der Waals surface area (Å²) in [4.78, 5) is 0. The summed E-state index contributed by atoms with van der Waals surface area (Å²) < 4.78 is 0. The third-order valence-corrected chi connectivity index (χ3v) is 2.02. The molecule has 1 aliphatic heterocycles. The molecule has 0 radical (unpaired) electrons. The Bertz CT molecular complexity index is 285. The summed E-state index contributed by atoms with van der Waals surface area (Å²) in [7, 11) is 2.01. The summed E-state index contributed by atoms with van der Waals surface area (Å²) >= 11 is 5.82. The maximum atomic E-state index is 5.82. The minimum atomic E-state index is 0.806. The Balaban J connectivity index is 2.43. The molecule has 1 aliphatic rings. The average Bonchev–Trinajstić information content (AvgIpc) is 2.27. The monoisotopic (exact) mass is 168 g/mol. The van der Waals surface area contributed by atoms with Gasteiger partial charge in [-0.05, 0) is 23.8 Å². The van der Waals surface area contributed by atoms with Crippen molar-refractivity contribution in [2.45, 2.75) is 6.54 Å². The zero-order valence-corrected chi connectivity index (χ0v) is 7.02. The Morgan fingerprint density at radius 2 is 2.36 bits per heavy atom. The van der Waals surface area contributed by atoms with Crippen LogP contribution in [-0.4, -0.2) is 12.1 Å². The Morgan fingerprint density at radius 3 is 3.18 bits per heavy atom. The molecule has 0 aliphatic carbocycles. The maximum Gasteiger partial charge on any atom is 0.0536 e. The number of halogens is 1. The van der Waals surface area contributed by atoms with Gasteiger partial charge in [-0.2, -0.15) is 0 Å². The van der Waals surface area contributed by atoms with Crippen molar-refractivity contribution in [3.63, 3.8) is 0 Å². The summed E-state index contributed by atoms with van der Waals surface area (Å²) in [5.41, 5.74) is 5.63. The molecule has 58 valence electrons. The van der Waals surface area contributed by atoms with E-state index in [1.165, 1.54) is 5.56 Å². The molecule has 0 atom stereocenters. The molecule has 1 heterocycles. The normalized spacial score (nSPS) is 16.2. The lowest BCUT2D eigenvalue weighted by molar-refractivity contribution is 0.422. The second-order valence-corrected chi connectivity index (χ2v) is 3.21. The van der Waals surface area contributed by atoms with E-state index in [0.717, 1.165) is 17.3 Å². The highest BCUT2D eigenvalue weighted by Gasteiger charge is 2.13. The molecule has 0 bridgehead atoms. The van der Waals surface area contributed by atoms with Crippen molar-refractivity contribution in [2.75, 3.05) is 12.5 Å². The molecule has 0 unspecified atom stereocenters. The number of hydrogen-bond donors (Lipinski definition) is 1. The van der Waals surface area contributed by atoms with E-state index in [1.54, 1.807) is 0 Å². The molecule has 0 aromatic heterocycles. The molecule has 1 N–H and O–H groups in total. The van der Waals surface area contributed by atoms with Crippen molar-refractivity contribution in [1.29, 1.82) is 0 Å². The van der Waals surface area contributed by atoms with Gasteiger partial charge in [0.15, 0.2) is 0 Å². The molecular weight excluding hydrogens is 160 g/mol. The van der Waals surface area contributed by atoms with Gasteiger partial charge >= 0.3 is 0 Å². The van der Waals surface area contributed by atoms with E-state index in [1.807, 2.05) is 30.3 Å². The van der Waals surface area contributed by atoms with Gasteiger partial charge in [-0.3, -0.25) is 0 Å². The predicted molar refractivity (Wildman–Crippen MR) is 46.5 cm³/mol. The molecule has 0 fully saturated rings. The fraction of sp³-hybridized carbons (Fsp3) is 0.250. The maximum absolute atomic E-state index is 5.82. The number of nitrogens with zero attached hydrogens (tertiary/aromatic N) is 1. The van der Waals surface area contributed by atoms with Gasteiger partial charge in [0.25, 0.3) is 0 Å². The smallest absolute Gasteiger partial charge is 0.0536 e. The predicted octanol–water partition coefficient (Wildman–Crippen LogP) is 2.11. The minimum absolute atomic E-state index is 0.806. The van der Waals surface area contributed by atoms with Crippen LogP contribution < -0.4 is 5.43 Å². The van der Waals surface area contributed by atoms with Gasteiger partial charge in [-0.25, -0.2) is 5.01 Å². The lowest BCUT2D eigenvalue weighted by Gasteiger charge is -2.06. The van der Waals surface area contributed by atoms with Crippen molar-refractivity contribution in [2.24, 2.45) is 0 Å². The highest BCUT2D eigenvalue weighted by atomic mass is 35.5. The highest BCUT2D eigenvalue weighted by molar-refractivity contribution is 6.30. The third-order valence-electron chi connectivity index (χ3n) is 1.79. The molecule has 0 spiro atoms. The standard InChI is InChI=1S/C8H9ClN2/c1-11-5-6-4-7(9)2-3-8(6)10-11/h2-4,10H,5H2,1H3. The number of hydrogen-bond acceptors (Lipinski definition) is 2. The first-order chi connectivity index (χ1) is 5.25. The fourth-order valence-electron chi connectivity index (χ4n) is 1.30. The number of rotatable bonds is 0. The largest absolute Gasteiger partial charge is 0.318 e. The fourth-order valence-corrected chi connectivity index (χ4v) is 1.50. The first-order valence-electron chi connectivity index (χ1n) is 3.52. The summed E-state index contributed by atoms with van der Waals surface area (Å²) in [6.07, 6.45) is 0. The Kier molecular flexibility index (Phi) is 1.51. The summed E-state index contributed by atoms with van der Waals surface area (Å²) in [6.45, 7) is 0.926. The van der Waals surface area contributed by atoms with E-state index >= 15 is 0 Å². The molecule has 0 saturated carbocycles. The van der Waals surface area contributed by atoms with E-state index in [0.29, 0.717) is 0 Å². The molecule has 2 rings (SSSR count). The van der Waals surface area contributed by atoms with Crippen LogP contribution in [0.2, 0.25) is 5.02 Å². The van der Waals surface area contributed by atoms with Gasteiger partial charge in [0, 0.05) is 18.6 Å². The summed E-state index contributed by atoms with van der Waals surface area (Å²) in [6, 6.07) is 5.89. The number of hydrazine groups is 1. The molecule has 11 heavy (non-hydrogen) atoms. The summed E-state index contributed by atoms with van der Waals surface area (Å²) in [5, 5.41) is 2.84. The van der Waals surface area contributed by atoms with Gasteiger partial charge in [-0.1, -0.05) is 11.6 Å². The molecule has 2 nitrogen and oxygen atoms in total. The Morgan fingerprint density at radius 1 is 1.55 bits per heavy atom. The lowest BCUT2D eigenvalue weighted by atomic mass is 10.2. The van der Waals surface area contributed by atoms with E-state index in [2.05, 4.69) is 5.43 Å². The molecule has 0 amide bonds. The first kappa shape index (κ1) is 6.95. The van der Waals surface area contributed by atoms with Gasteiger partial charge in [0.1, 0.15) is 0 Å². The van der Waals surface area contributed by atoms with Crippen molar-refractivity contribution in [1.82, 2.24) is 5.01 Å². The number of fused-ring (bicyclic) bond motifs is 1. The molecular formula is C8H9ClN2. The van der Waals surface area contributed by atoms with Crippen molar-refractivity contribution < 1.29 is 0 Å². The van der Waals surface area contributed by atoms with Crippen LogP contribution in [0.4, 0.5) is 5.69 Å². The topological polar surface area (TPSA) is 15.3 Å². The second-order valence-electron chi connectivity index (χ2n) is 2.77. The van der Waals surface area contributed by atoms with Crippen LogP contribution in [0.25, 0.3) is 0 Å². The summed E-state index contributed by atoms with van der Waals surface area (Å²) in [5.74, 6) is 0. The van der Waals surface area contributed by atoms with E-state index in [4.69, 9.17) is 11.6 Å². The van der Waals surface area contributed by atoms with Crippen molar-refractivity contribution in [3.8, 4) is 0 Å². The van der Waals surface area contributed by atoms with E-state index in [9.17, 15) is 0 Å². The number of benzene rings is 1. The van der Waals surface area contributed by atoms with Gasteiger partial charge in [-0.15, -0.1) is 0 Å². The zero-order chi connectivity index (χ0) is 7.84. The van der Waals surface area contributed by atoms with Gasteiger partial charge in [0.05, 0.1) is 5.69 Å². The van der Waals surface area contributed by atoms with Crippen LogP contribution in [0.3, 0.4) is 0 Å². The highest BCUT2D eigenvalue weighted by Crippen LogP contribution is 2.26. The Labute approximate surface area is 70.7 Å². The van der Waals surface area contributed by atoms with E-state index in [-0.39, 0.29) is 0 Å². The molecule has 3 heteroatoms. The minimum Gasteiger partial charge on any atom is -0.318 e. The number of anilines is 1. The van der Waals surface area contributed by atoms with Crippen LogP contribution in [0.5, 0.6) is 0 Å². The lowest BCUT2D eigenvalue weighted by Crippen LogP contribution is -2.16. The molecule has 0 saturated heterocycles. The second kappa shape index (κ2) is 2.40. The van der Waals surface area contributed by atoms with Gasteiger partial charge < -0.3 is 5.43 Å². The first-order valence-corrected chi connectivity index (χ1v) is 3.90. The van der Waals surface area contributed by atoms with Crippen LogP contribution in [0, 0.1) is 0 Å². The molecule has 1 aromatic carbocycles. The number of nitrogens with one attached hydrogen (secondary N) is 1. The average molecular weight is 169 g/mol. The van der Waals surface area contributed by atoms with E-state index < -0.39 is 0 Å². The van der Waals surface area contributed by atoms with Crippen LogP contribution in [-0.2, 0) is 6.54 Å². The molecule has 1 aromatic rings. The van der Waals surface area contributed by atoms with Crippen LogP contribution in [0.1, 0.15) is 5.56 Å². The SMILES string of the molecule is CN1Cc2cc(Cl)ccc2N1. The quantitative estimate of drug-likeness (QED) is 0.639. The zero-order valence-electron chi connectivity index (χ0n) is 6.26. The van der Waals surface area contributed by atoms with Crippen molar-refractivity contribution >= 4 is 17.3 Å².